The Morgan fingerprint density at radius 1 is 0.783 bits per heavy atom. The highest BCUT2D eigenvalue weighted by molar-refractivity contribution is 5.63. The highest BCUT2D eigenvalue weighted by atomic mass is 16.2. The first-order valence-electron chi connectivity index (χ1n) is 8.45. The van der Waals surface area contributed by atoms with E-state index in [0.29, 0.717) is 5.56 Å². The van der Waals surface area contributed by atoms with Crippen molar-refractivity contribution in [2.75, 3.05) is 6.61 Å². The number of benzene rings is 2. The van der Waals surface area contributed by atoms with Crippen molar-refractivity contribution in [3.8, 4) is 17.2 Å². The Labute approximate surface area is 140 Å². The van der Waals surface area contributed by atoms with E-state index in [1.807, 2.05) is 42.5 Å². The van der Waals surface area contributed by atoms with Crippen LogP contribution in [0.25, 0.3) is 11.1 Å². The van der Waals surface area contributed by atoms with Crippen molar-refractivity contribution >= 4 is 0 Å². The first-order valence-corrected chi connectivity index (χ1v) is 8.45. The fraction of sp³-hybridized carbons (Fsp3) is 0.381. The SMILES string of the molecule is CCCCCCCC[O].N#Cc1ccc(-c2ccccc2)cc1. The summed E-state index contributed by atoms with van der Waals surface area (Å²) in [5.41, 5.74) is 3.02. The van der Waals surface area contributed by atoms with E-state index in [4.69, 9.17) is 5.26 Å². The first-order chi connectivity index (χ1) is 11.3. The molecule has 0 aliphatic heterocycles. The summed E-state index contributed by atoms with van der Waals surface area (Å²) in [7, 11) is 0. The van der Waals surface area contributed by atoms with Crippen LogP contribution in [0.1, 0.15) is 51.0 Å². The molecule has 121 valence electrons. The van der Waals surface area contributed by atoms with E-state index < -0.39 is 0 Å². The van der Waals surface area contributed by atoms with Crippen LogP contribution in [0.5, 0.6) is 0 Å². The van der Waals surface area contributed by atoms with Crippen LogP contribution in [0.4, 0.5) is 0 Å². The van der Waals surface area contributed by atoms with Crippen LogP contribution in [-0.4, -0.2) is 6.61 Å². The molecule has 2 nitrogen and oxygen atoms in total. The summed E-state index contributed by atoms with van der Waals surface area (Å²) in [6.45, 7) is 2.32. The fourth-order valence-corrected chi connectivity index (χ4v) is 2.25. The molecule has 0 saturated carbocycles. The molecular formula is C21H26NO. The molecule has 0 saturated heterocycles. The lowest BCUT2D eigenvalue weighted by Gasteiger charge is -1.99. The lowest BCUT2D eigenvalue weighted by atomic mass is 10.0. The van der Waals surface area contributed by atoms with Crippen LogP contribution in [0.3, 0.4) is 0 Å². The van der Waals surface area contributed by atoms with Gasteiger partial charge in [-0.15, -0.1) is 0 Å². The summed E-state index contributed by atoms with van der Waals surface area (Å²) < 4.78 is 0. The second kappa shape index (κ2) is 12.4. The molecule has 0 N–H and O–H groups in total. The average molecular weight is 308 g/mol. The van der Waals surface area contributed by atoms with Gasteiger partial charge in [-0.3, -0.25) is 0 Å². The van der Waals surface area contributed by atoms with Gasteiger partial charge in [-0.2, -0.15) is 5.26 Å². The van der Waals surface area contributed by atoms with Crippen molar-refractivity contribution in [1.29, 1.82) is 5.26 Å². The number of rotatable bonds is 7. The van der Waals surface area contributed by atoms with Gasteiger partial charge in [-0.1, -0.05) is 81.5 Å². The molecule has 0 atom stereocenters. The lowest BCUT2D eigenvalue weighted by molar-refractivity contribution is 0.186. The molecule has 0 aliphatic rings. The number of nitriles is 1. The van der Waals surface area contributed by atoms with Crippen LogP contribution < -0.4 is 0 Å². The van der Waals surface area contributed by atoms with Gasteiger partial charge < -0.3 is 0 Å². The molecule has 0 fully saturated rings. The summed E-state index contributed by atoms with van der Waals surface area (Å²) in [4.78, 5) is 0. The molecule has 2 aromatic rings. The zero-order valence-corrected chi connectivity index (χ0v) is 14.0. The van der Waals surface area contributed by atoms with Crippen molar-refractivity contribution in [2.24, 2.45) is 0 Å². The Balaban J connectivity index is 0.000000257. The van der Waals surface area contributed by atoms with E-state index >= 15 is 0 Å². The third kappa shape index (κ3) is 8.18. The standard InChI is InChI=1S/C13H9N.C8H17O/c14-10-11-6-8-13(9-7-11)12-4-2-1-3-5-12;1-2-3-4-5-6-7-8-9/h1-9H;2-8H2,1H3. The Bertz CT molecular complexity index is 549. The van der Waals surface area contributed by atoms with Crippen molar-refractivity contribution < 1.29 is 5.11 Å². The molecule has 0 aliphatic carbocycles. The Morgan fingerprint density at radius 3 is 1.91 bits per heavy atom. The maximum Gasteiger partial charge on any atom is 0.0991 e. The van der Waals surface area contributed by atoms with Crippen LogP contribution in [0, 0.1) is 11.3 Å². The zero-order valence-electron chi connectivity index (χ0n) is 14.0. The van der Waals surface area contributed by atoms with E-state index in [9.17, 15) is 5.11 Å². The minimum atomic E-state index is 0.117. The summed E-state index contributed by atoms with van der Waals surface area (Å²) in [6.07, 6.45) is 7.22. The zero-order chi connectivity index (χ0) is 16.8. The number of hydrogen-bond donors (Lipinski definition) is 0. The van der Waals surface area contributed by atoms with E-state index in [0.717, 1.165) is 18.4 Å². The predicted octanol–water partition coefficient (Wildman–Crippen LogP) is 6.00. The van der Waals surface area contributed by atoms with Crippen LogP contribution in [0.15, 0.2) is 54.6 Å². The molecule has 2 aromatic carbocycles. The molecule has 23 heavy (non-hydrogen) atoms. The third-order valence-electron chi connectivity index (χ3n) is 3.62. The summed E-state index contributed by atoms with van der Waals surface area (Å²) in [6, 6.07) is 19.8. The Kier molecular flexibility index (Phi) is 10.2. The molecule has 0 aromatic heterocycles. The van der Waals surface area contributed by atoms with Gasteiger partial charge in [0.1, 0.15) is 0 Å². The maximum atomic E-state index is 9.96. The number of unbranched alkanes of at least 4 members (excludes halogenated alkanes) is 5. The second-order valence-corrected chi connectivity index (χ2v) is 5.53. The van der Waals surface area contributed by atoms with E-state index in [1.54, 1.807) is 0 Å². The predicted molar refractivity (Wildman–Crippen MR) is 95.5 cm³/mol. The molecule has 0 spiro atoms. The average Bonchev–Trinajstić information content (AvgIpc) is 2.63. The van der Waals surface area contributed by atoms with Gasteiger partial charge in [0.25, 0.3) is 0 Å². The van der Waals surface area contributed by atoms with Gasteiger partial charge in [0, 0.05) is 0 Å². The lowest BCUT2D eigenvalue weighted by Crippen LogP contribution is -1.81. The minimum Gasteiger partial charge on any atom is -0.237 e. The minimum absolute atomic E-state index is 0.117. The fourth-order valence-electron chi connectivity index (χ4n) is 2.25. The third-order valence-corrected chi connectivity index (χ3v) is 3.62. The van der Waals surface area contributed by atoms with Gasteiger partial charge in [-0.05, 0) is 29.7 Å². The largest absolute Gasteiger partial charge is 0.237 e. The molecule has 0 heterocycles. The second-order valence-electron chi connectivity index (χ2n) is 5.53. The van der Waals surface area contributed by atoms with Crippen LogP contribution in [-0.2, 0) is 5.11 Å². The monoisotopic (exact) mass is 308 g/mol. The number of nitrogens with zero attached hydrogens (tertiary/aromatic N) is 1. The highest BCUT2D eigenvalue weighted by Gasteiger charge is 1.95. The molecule has 2 heteroatoms. The maximum absolute atomic E-state index is 9.96. The summed E-state index contributed by atoms with van der Waals surface area (Å²) in [5, 5.41) is 18.6. The topological polar surface area (TPSA) is 43.7 Å². The van der Waals surface area contributed by atoms with Gasteiger partial charge in [0.2, 0.25) is 0 Å². The van der Waals surface area contributed by atoms with E-state index in [1.165, 1.54) is 31.2 Å². The van der Waals surface area contributed by atoms with Crippen LogP contribution >= 0.6 is 0 Å². The quantitative estimate of drug-likeness (QED) is 0.578. The Morgan fingerprint density at radius 2 is 1.35 bits per heavy atom. The van der Waals surface area contributed by atoms with Crippen molar-refractivity contribution in [1.82, 2.24) is 0 Å². The Hall–Kier alpha value is -2.11. The van der Waals surface area contributed by atoms with Gasteiger partial charge in [0.15, 0.2) is 0 Å². The molecule has 1 radical (unpaired) electrons. The van der Waals surface area contributed by atoms with Gasteiger partial charge in [0.05, 0.1) is 18.2 Å². The summed E-state index contributed by atoms with van der Waals surface area (Å²) >= 11 is 0. The normalized spacial score (nSPS) is 9.61. The van der Waals surface area contributed by atoms with Gasteiger partial charge in [-0.25, -0.2) is 5.11 Å². The molecule has 0 bridgehead atoms. The van der Waals surface area contributed by atoms with Crippen molar-refractivity contribution in [3.63, 3.8) is 0 Å². The highest BCUT2D eigenvalue weighted by Crippen LogP contribution is 2.18. The molecule has 0 amide bonds. The van der Waals surface area contributed by atoms with E-state index in [-0.39, 0.29) is 6.61 Å². The molecule has 0 unspecified atom stereocenters. The van der Waals surface area contributed by atoms with Crippen LogP contribution in [0.2, 0.25) is 0 Å². The van der Waals surface area contributed by atoms with E-state index in [2.05, 4.69) is 25.1 Å². The molecule has 2 rings (SSSR count). The number of hydrogen-bond acceptors (Lipinski definition) is 1. The smallest absolute Gasteiger partial charge is 0.0991 e. The van der Waals surface area contributed by atoms with Gasteiger partial charge >= 0.3 is 0 Å². The van der Waals surface area contributed by atoms with Crippen molar-refractivity contribution in [3.05, 3.63) is 60.2 Å². The summed E-state index contributed by atoms with van der Waals surface area (Å²) in [5.74, 6) is 0. The van der Waals surface area contributed by atoms with Crippen molar-refractivity contribution in [2.45, 2.75) is 45.4 Å². The first kappa shape index (κ1) is 18.9. The molecular weight excluding hydrogens is 282 g/mol.